The fraction of sp³-hybridized carbons (Fsp3) is 0.190. The number of hydrogen-bond donors (Lipinski definition) is 1. The second-order valence-electron chi connectivity index (χ2n) is 6.14. The van der Waals surface area contributed by atoms with Crippen LogP contribution in [0.15, 0.2) is 66.7 Å². The van der Waals surface area contributed by atoms with Crippen LogP contribution in [0.1, 0.15) is 43.7 Å². The van der Waals surface area contributed by atoms with Gasteiger partial charge >= 0.3 is 0 Å². The lowest BCUT2D eigenvalue weighted by Crippen LogP contribution is -2.28. The monoisotopic (exact) mass is 333 g/mol. The molecular weight excluding hydrogens is 314 g/mol. The van der Waals surface area contributed by atoms with Crippen LogP contribution in [0.4, 0.5) is 0 Å². The number of rotatable bonds is 4. The van der Waals surface area contributed by atoms with Crippen molar-refractivity contribution in [3.05, 3.63) is 93.2 Å². The second kappa shape index (κ2) is 6.62. The zero-order chi connectivity index (χ0) is 16.4. The molecule has 0 aliphatic heterocycles. The van der Waals surface area contributed by atoms with Crippen molar-refractivity contribution < 1.29 is 4.79 Å². The molecule has 0 radical (unpaired) electrons. The Bertz CT molecular complexity index is 778. The van der Waals surface area contributed by atoms with Crippen molar-refractivity contribution in [3.8, 4) is 0 Å². The number of fused-ring (bicyclic) bond motifs is 1. The Morgan fingerprint density at radius 3 is 2.12 bits per heavy atom. The van der Waals surface area contributed by atoms with Gasteiger partial charge in [0, 0.05) is 4.88 Å². The molecule has 4 rings (SSSR count). The fourth-order valence-electron chi connectivity index (χ4n) is 3.29. The van der Waals surface area contributed by atoms with E-state index < -0.39 is 0 Å². The Kier molecular flexibility index (Phi) is 4.18. The van der Waals surface area contributed by atoms with E-state index >= 15 is 0 Å². The molecule has 2 aromatic carbocycles. The summed E-state index contributed by atoms with van der Waals surface area (Å²) in [5.41, 5.74) is 3.56. The van der Waals surface area contributed by atoms with Crippen molar-refractivity contribution >= 4 is 17.2 Å². The molecule has 1 aromatic heterocycles. The minimum absolute atomic E-state index is 0.0205. The van der Waals surface area contributed by atoms with E-state index in [9.17, 15) is 4.79 Å². The van der Waals surface area contributed by atoms with Gasteiger partial charge in [-0.1, -0.05) is 60.7 Å². The molecular formula is C21H19NOS. The SMILES string of the molecule is O=C(NC(c1ccccc1)c1ccccc1)c1cc2c(s1)CCC2. The van der Waals surface area contributed by atoms with Crippen molar-refractivity contribution in [2.45, 2.75) is 25.3 Å². The van der Waals surface area contributed by atoms with Gasteiger partial charge in [0.25, 0.3) is 5.91 Å². The van der Waals surface area contributed by atoms with E-state index in [4.69, 9.17) is 0 Å². The molecule has 3 aromatic rings. The summed E-state index contributed by atoms with van der Waals surface area (Å²) in [6.45, 7) is 0. The van der Waals surface area contributed by atoms with Gasteiger partial charge in [-0.05, 0) is 42.0 Å². The van der Waals surface area contributed by atoms with E-state index in [1.54, 1.807) is 11.3 Å². The third-order valence-corrected chi connectivity index (χ3v) is 5.75. The quantitative estimate of drug-likeness (QED) is 0.733. The highest BCUT2D eigenvalue weighted by atomic mass is 32.1. The van der Waals surface area contributed by atoms with E-state index in [0.29, 0.717) is 0 Å². The number of benzene rings is 2. The maximum atomic E-state index is 12.8. The highest BCUT2D eigenvalue weighted by Gasteiger charge is 2.22. The lowest BCUT2D eigenvalue weighted by molar-refractivity contribution is 0.0947. The first-order chi connectivity index (χ1) is 11.8. The first kappa shape index (κ1) is 15.2. The van der Waals surface area contributed by atoms with Crippen molar-refractivity contribution in [1.82, 2.24) is 5.32 Å². The largest absolute Gasteiger partial charge is 0.340 e. The average molecular weight is 333 g/mol. The Hall–Kier alpha value is -2.39. The normalized spacial score (nSPS) is 13.0. The molecule has 1 aliphatic carbocycles. The Morgan fingerprint density at radius 1 is 0.917 bits per heavy atom. The molecule has 24 heavy (non-hydrogen) atoms. The molecule has 0 spiro atoms. The molecule has 3 heteroatoms. The van der Waals surface area contributed by atoms with Crippen LogP contribution >= 0.6 is 11.3 Å². The summed E-state index contributed by atoms with van der Waals surface area (Å²) in [4.78, 5) is 15.0. The molecule has 120 valence electrons. The Morgan fingerprint density at radius 2 is 1.54 bits per heavy atom. The van der Waals surface area contributed by atoms with Gasteiger partial charge in [-0.15, -0.1) is 11.3 Å². The van der Waals surface area contributed by atoms with E-state index in [-0.39, 0.29) is 11.9 Å². The molecule has 0 unspecified atom stereocenters. The molecule has 1 aliphatic rings. The van der Waals surface area contributed by atoms with Crippen molar-refractivity contribution in [1.29, 1.82) is 0 Å². The lowest BCUT2D eigenvalue weighted by atomic mass is 9.98. The van der Waals surface area contributed by atoms with Crippen LogP contribution in [-0.4, -0.2) is 5.91 Å². The Labute approximate surface area is 146 Å². The first-order valence-electron chi connectivity index (χ1n) is 8.33. The third kappa shape index (κ3) is 3.00. The molecule has 1 heterocycles. The van der Waals surface area contributed by atoms with Gasteiger partial charge in [-0.2, -0.15) is 0 Å². The van der Waals surface area contributed by atoms with Crippen LogP contribution in [0, 0.1) is 0 Å². The Balaban J connectivity index is 1.63. The zero-order valence-corrected chi connectivity index (χ0v) is 14.2. The highest BCUT2D eigenvalue weighted by Crippen LogP contribution is 2.31. The molecule has 1 N–H and O–H groups in total. The van der Waals surface area contributed by atoms with Crippen LogP contribution in [0.25, 0.3) is 0 Å². The minimum atomic E-state index is -0.128. The minimum Gasteiger partial charge on any atom is -0.340 e. The van der Waals surface area contributed by atoms with Gasteiger partial charge in [-0.3, -0.25) is 4.79 Å². The van der Waals surface area contributed by atoms with Gasteiger partial charge in [-0.25, -0.2) is 0 Å². The van der Waals surface area contributed by atoms with Crippen LogP contribution in [0.5, 0.6) is 0 Å². The zero-order valence-electron chi connectivity index (χ0n) is 13.4. The molecule has 0 bridgehead atoms. The van der Waals surface area contributed by atoms with Crippen molar-refractivity contribution in [3.63, 3.8) is 0 Å². The number of carbonyl (C=O) groups is 1. The van der Waals surface area contributed by atoms with E-state index in [0.717, 1.165) is 28.8 Å². The number of amides is 1. The molecule has 0 saturated carbocycles. The van der Waals surface area contributed by atoms with Gasteiger partial charge in [0.2, 0.25) is 0 Å². The predicted molar refractivity (Wildman–Crippen MR) is 98.5 cm³/mol. The second-order valence-corrected chi connectivity index (χ2v) is 7.28. The standard InChI is InChI=1S/C21H19NOS/c23-21(19-14-17-12-7-13-18(17)24-19)22-20(15-8-3-1-4-9-15)16-10-5-2-6-11-16/h1-6,8-11,14,20H,7,12-13H2,(H,22,23). The molecule has 0 atom stereocenters. The lowest BCUT2D eigenvalue weighted by Gasteiger charge is -2.19. The van der Waals surface area contributed by atoms with Gasteiger partial charge in [0.15, 0.2) is 0 Å². The van der Waals surface area contributed by atoms with E-state index in [1.165, 1.54) is 16.9 Å². The topological polar surface area (TPSA) is 29.1 Å². The molecule has 0 saturated heterocycles. The third-order valence-electron chi connectivity index (χ3n) is 4.51. The van der Waals surface area contributed by atoms with E-state index in [2.05, 4.69) is 35.6 Å². The number of hydrogen-bond acceptors (Lipinski definition) is 2. The molecule has 0 fully saturated rings. The van der Waals surface area contributed by atoms with Crippen LogP contribution in [0.2, 0.25) is 0 Å². The maximum Gasteiger partial charge on any atom is 0.262 e. The number of aryl methyl sites for hydroxylation is 2. The summed E-state index contributed by atoms with van der Waals surface area (Å²) in [5, 5.41) is 3.23. The van der Waals surface area contributed by atoms with E-state index in [1.807, 2.05) is 36.4 Å². The fourth-order valence-corrected chi connectivity index (χ4v) is 4.45. The summed E-state index contributed by atoms with van der Waals surface area (Å²) >= 11 is 1.65. The van der Waals surface area contributed by atoms with Gasteiger partial charge < -0.3 is 5.32 Å². The van der Waals surface area contributed by atoms with Gasteiger partial charge in [0.1, 0.15) is 0 Å². The van der Waals surface area contributed by atoms with Crippen molar-refractivity contribution in [2.75, 3.05) is 0 Å². The van der Waals surface area contributed by atoms with Crippen LogP contribution in [0.3, 0.4) is 0 Å². The van der Waals surface area contributed by atoms with Gasteiger partial charge in [0.05, 0.1) is 10.9 Å². The number of thiophene rings is 1. The summed E-state index contributed by atoms with van der Waals surface area (Å²) in [6, 6.07) is 22.2. The average Bonchev–Trinajstić information content (AvgIpc) is 3.23. The predicted octanol–water partition coefficient (Wildman–Crippen LogP) is 4.76. The van der Waals surface area contributed by atoms with Crippen LogP contribution in [-0.2, 0) is 12.8 Å². The summed E-state index contributed by atoms with van der Waals surface area (Å²) < 4.78 is 0. The number of carbonyl (C=O) groups excluding carboxylic acids is 1. The highest BCUT2D eigenvalue weighted by molar-refractivity contribution is 7.14. The number of nitrogens with one attached hydrogen (secondary N) is 1. The maximum absolute atomic E-state index is 12.8. The summed E-state index contributed by atoms with van der Waals surface area (Å²) in [7, 11) is 0. The first-order valence-corrected chi connectivity index (χ1v) is 9.15. The summed E-state index contributed by atoms with van der Waals surface area (Å²) in [6.07, 6.45) is 3.45. The molecule has 2 nitrogen and oxygen atoms in total. The van der Waals surface area contributed by atoms with Crippen molar-refractivity contribution in [2.24, 2.45) is 0 Å². The van der Waals surface area contributed by atoms with Crippen LogP contribution < -0.4 is 5.32 Å². The smallest absolute Gasteiger partial charge is 0.262 e. The summed E-state index contributed by atoms with van der Waals surface area (Å²) in [5.74, 6) is 0.0205. The molecule has 1 amide bonds.